The molecule has 3 rings (SSSR count). The summed E-state index contributed by atoms with van der Waals surface area (Å²) in [5.41, 5.74) is 3.46. The Balaban J connectivity index is 1.84. The number of rotatable bonds is 9. The van der Waals surface area contributed by atoms with Crippen molar-refractivity contribution in [2.45, 2.75) is 33.3 Å². The zero-order valence-corrected chi connectivity index (χ0v) is 18.0. The SMILES string of the molecule is C=N/C=C(\C=C(/C)C#N)c1nc(NCCc2c[nH]c3ccccc23)cc(OC(C)C)n1. The fourth-order valence-electron chi connectivity index (χ4n) is 3.13. The second-order valence-electron chi connectivity index (χ2n) is 7.32. The van der Waals surface area contributed by atoms with E-state index in [1.807, 2.05) is 32.2 Å². The molecule has 0 aliphatic heterocycles. The molecule has 0 atom stereocenters. The van der Waals surface area contributed by atoms with E-state index in [2.05, 4.69) is 50.2 Å². The summed E-state index contributed by atoms with van der Waals surface area (Å²) in [6.45, 7) is 9.79. The van der Waals surface area contributed by atoms with Gasteiger partial charge in [0.25, 0.3) is 0 Å². The Morgan fingerprint density at radius 1 is 1.35 bits per heavy atom. The molecular weight excluding hydrogens is 388 g/mol. The Kier molecular flexibility index (Phi) is 7.17. The summed E-state index contributed by atoms with van der Waals surface area (Å²) in [6.07, 6.45) is 6.04. The van der Waals surface area contributed by atoms with Crippen molar-refractivity contribution in [3.05, 3.63) is 65.8 Å². The van der Waals surface area contributed by atoms with Crippen LogP contribution >= 0.6 is 0 Å². The highest BCUT2D eigenvalue weighted by Crippen LogP contribution is 2.22. The van der Waals surface area contributed by atoms with Gasteiger partial charge in [-0.1, -0.05) is 18.2 Å². The average Bonchev–Trinajstić information content (AvgIpc) is 3.16. The van der Waals surface area contributed by atoms with Gasteiger partial charge in [-0.15, -0.1) is 0 Å². The zero-order chi connectivity index (χ0) is 22.2. The molecule has 0 spiro atoms. The molecule has 0 aliphatic rings. The van der Waals surface area contributed by atoms with Gasteiger partial charge in [0.2, 0.25) is 5.88 Å². The van der Waals surface area contributed by atoms with Crippen LogP contribution < -0.4 is 10.1 Å². The van der Waals surface area contributed by atoms with Gasteiger partial charge < -0.3 is 15.0 Å². The van der Waals surface area contributed by atoms with Crippen molar-refractivity contribution in [2.75, 3.05) is 11.9 Å². The average molecular weight is 415 g/mol. The van der Waals surface area contributed by atoms with Crippen molar-refractivity contribution in [2.24, 2.45) is 4.99 Å². The molecule has 0 saturated heterocycles. The molecule has 0 saturated carbocycles. The summed E-state index contributed by atoms with van der Waals surface area (Å²) in [5, 5.41) is 13.7. The van der Waals surface area contributed by atoms with E-state index >= 15 is 0 Å². The fraction of sp³-hybridized carbons (Fsp3) is 0.250. The first-order chi connectivity index (χ1) is 15.0. The molecule has 7 nitrogen and oxygen atoms in total. The van der Waals surface area contributed by atoms with Crippen LogP contribution in [0.3, 0.4) is 0 Å². The van der Waals surface area contributed by atoms with Gasteiger partial charge in [-0.3, -0.25) is 4.99 Å². The number of para-hydroxylation sites is 1. The van der Waals surface area contributed by atoms with Crippen molar-refractivity contribution in [1.82, 2.24) is 15.0 Å². The van der Waals surface area contributed by atoms with Gasteiger partial charge in [-0.05, 0) is 51.6 Å². The molecule has 31 heavy (non-hydrogen) atoms. The Morgan fingerprint density at radius 3 is 2.90 bits per heavy atom. The molecule has 1 aromatic carbocycles. The minimum absolute atomic E-state index is 0.0387. The molecule has 158 valence electrons. The first kappa shape index (κ1) is 21.8. The Bertz CT molecular complexity index is 1170. The van der Waals surface area contributed by atoms with E-state index in [0.29, 0.717) is 35.2 Å². The highest BCUT2D eigenvalue weighted by molar-refractivity contribution is 5.83. The van der Waals surface area contributed by atoms with Crippen LogP contribution in [0.15, 0.2) is 59.4 Å². The maximum absolute atomic E-state index is 9.14. The minimum Gasteiger partial charge on any atom is -0.475 e. The number of nitrogens with one attached hydrogen (secondary N) is 2. The van der Waals surface area contributed by atoms with Crippen molar-refractivity contribution in [3.63, 3.8) is 0 Å². The van der Waals surface area contributed by atoms with E-state index in [4.69, 9.17) is 10.00 Å². The van der Waals surface area contributed by atoms with E-state index in [9.17, 15) is 0 Å². The number of aromatic nitrogens is 3. The van der Waals surface area contributed by atoms with Crippen LogP contribution in [0.5, 0.6) is 5.88 Å². The lowest BCUT2D eigenvalue weighted by Crippen LogP contribution is -2.11. The summed E-state index contributed by atoms with van der Waals surface area (Å²) in [7, 11) is 0. The van der Waals surface area contributed by atoms with E-state index in [0.717, 1.165) is 11.9 Å². The molecule has 0 unspecified atom stereocenters. The quantitative estimate of drug-likeness (QED) is 0.294. The number of nitriles is 1. The number of H-pyrrole nitrogens is 1. The number of allylic oxidation sites excluding steroid dienone is 3. The highest BCUT2D eigenvalue weighted by atomic mass is 16.5. The van der Waals surface area contributed by atoms with Gasteiger partial charge in [0.05, 0.1) is 12.2 Å². The molecule has 3 aromatic rings. The molecule has 2 N–H and O–H groups in total. The van der Waals surface area contributed by atoms with Crippen LogP contribution in [0.1, 0.15) is 32.2 Å². The lowest BCUT2D eigenvalue weighted by atomic mass is 10.1. The highest BCUT2D eigenvalue weighted by Gasteiger charge is 2.11. The van der Waals surface area contributed by atoms with Crippen molar-refractivity contribution in [1.29, 1.82) is 5.26 Å². The van der Waals surface area contributed by atoms with Crippen molar-refractivity contribution < 1.29 is 4.74 Å². The molecule has 0 radical (unpaired) electrons. The monoisotopic (exact) mass is 414 g/mol. The van der Waals surface area contributed by atoms with Crippen LogP contribution in [0.4, 0.5) is 5.82 Å². The predicted molar refractivity (Wildman–Crippen MR) is 125 cm³/mol. The molecule has 7 heteroatoms. The largest absolute Gasteiger partial charge is 0.475 e. The van der Waals surface area contributed by atoms with E-state index in [-0.39, 0.29) is 6.10 Å². The van der Waals surface area contributed by atoms with E-state index in [1.54, 1.807) is 19.1 Å². The maximum atomic E-state index is 9.14. The first-order valence-corrected chi connectivity index (χ1v) is 10.1. The number of nitrogens with zero attached hydrogens (tertiary/aromatic N) is 4. The third-order valence-electron chi connectivity index (χ3n) is 4.47. The van der Waals surface area contributed by atoms with Gasteiger partial charge in [0.15, 0.2) is 5.82 Å². The molecular formula is C24H26N6O. The number of anilines is 1. The van der Waals surface area contributed by atoms with Crippen LogP contribution in [0.25, 0.3) is 16.5 Å². The van der Waals surface area contributed by atoms with Crippen molar-refractivity contribution >= 4 is 29.0 Å². The first-order valence-electron chi connectivity index (χ1n) is 10.1. The number of fused-ring (bicyclic) bond motifs is 1. The summed E-state index contributed by atoms with van der Waals surface area (Å²) < 4.78 is 5.81. The number of aliphatic imine (C=N–C) groups is 1. The summed E-state index contributed by atoms with van der Waals surface area (Å²) in [5.74, 6) is 1.50. The van der Waals surface area contributed by atoms with Crippen LogP contribution in [0, 0.1) is 11.3 Å². The summed E-state index contributed by atoms with van der Waals surface area (Å²) in [6, 6.07) is 12.1. The second kappa shape index (κ2) is 10.2. The number of hydrogen-bond acceptors (Lipinski definition) is 6. The van der Waals surface area contributed by atoms with Gasteiger partial charge >= 0.3 is 0 Å². The third kappa shape index (κ3) is 5.80. The van der Waals surface area contributed by atoms with Gasteiger partial charge in [-0.25, -0.2) is 4.98 Å². The van der Waals surface area contributed by atoms with Gasteiger partial charge in [-0.2, -0.15) is 10.2 Å². The number of ether oxygens (including phenoxy) is 1. The van der Waals surface area contributed by atoms with Crippen LogP contribution in [-0.4, -0.2) is 34.3 Å². The Hall–Kier alpha value is -3.92. The lowest BCUT2D eigenvalue weighted by molar-refractivity contribution is 0.232. The topological polar surface area (TPSA) is 99.0 Å². The van der Waals surface area contributed by atoms with Crippen molar-refractivity contribution in [3.8, 4) is 11.9 Å². The molecule has 2 heterocycles. The minimum atomic E-state index is -0.0387. The molecule has 0 fully saturated rings. The lowest BCUT2D eigenvalue weighted by Gasteiger charge is -2.13. The summed E-state index contributed by atoms with van der Waals surface area (Å²) >= 11 is 0. The summed E-state index contributed by atoms with van der Waals surface area (Å²) in [4.78, 5) is 16.2. The number of hydrogen-bond donors (Lipinski definition) is 2. The molecule has 2 aromatic heterocycles. The van der Waals surface area contributed by atoms with Crippen LogP contribution in [-0.2, 0) is 6.42 Å². The normalized spacial score (nSPS) is 12.1. The third-order valence-corrected chi connectivity index (χ3v) is 4.47. The van der Waals surface area contributed by atoms with Crippen LogP contribution in [0.2, 0.25) is 0 Å². The standard InChI is InChI=1S/C24H26N6O/c1-16(2)31-23-12-22(29-24(30-23)19(14-26-4)11-17(3)13-25)27-10-9-18-15-28-21-8-6-5-7-20(18)21/h5-8,11-12,14-16,28H,4,9-10H2,1-3H3,(H,27,29,30)/b17-11+,19-14+. The van der Waals surface area contributed by atoms with Gasteiger partial charge in [0.1, 0.15) is 5.82 Å². The van der Waals surface area contributed by atoms with E-state index in [1.165, 1.54) is 17.1 Å². The maximum Gasteiger partial charge on any atom is 0.219 e. The second-order valence-corrected chi connectivity index (χ2v) is 7.32. The Labute approximate surface area is 182 Å². The predicted octanol–water partition coefficient (Wildman–Crippen LogP) is 4.91. The molecule has 0 bridgehead atoms. The molecule has 0 amide bonds. The fourth-order valence-corrected chi connectivity index (χ4v) is 3.13. The smallest absolute Gasteiger partial charge is 0.219 e. The number of aromatic amines is 1. The van der Waals surface area contributed by atoms with E-state index < -0.39 is 0 Å². The molecule has 0 aliphatic carbocycles. The number of benzene rings is 1. The Morgan fingerprint density at radius 2 is 2.16 bits per heavy atom. The zero-order valence-electron chi connectivity index (χ0n) is 18.0. The van der Waals surface area contributed by atoms with Gasteiger partial charge in [0, 0.05) is 47.1 Å².